The van der Waals surface area contributed by atoms with Gasteiger partial charge in [0.15, 0.2) is 0 Å². The molecule has 1 aliphatic carbocycles. The Morgan fingerprint density at radius 1 is 1.53 bits per heavy atom. The maximum absolute atomic E-state index is 10.5. The van der Waals surface area contributed by atoms with Crippen molar-refractivity contribution < 1.29 is 5.11 Å². The predicted octanol–water partition coefficient (Wildman–Crippen LogP) is 1.25. The largest absolute Gasteiger partial charge is 0.389 e. The first-order chi connectivity index (χ1) is 8.11. The topological polar surface area (TPSA) is 50.1 Å². The average Bonchev–Trinajstić information content (AvgIpc) is 2.68. The van der Waals surface area contributed by atoms with Gasteiger partial charge in [-0.25, -0.2) is 0 Å². The minimum Gasteiger partial charge on any atom is -0.389 e. The number of nitrogens with zero attached hydrogens (tertiary/aromatic N) is 2. The number of hydrogen-bond donors (Lipinski definition) is 2. The normalized spacial score (nSPS) is 29.5. The van der Waals surface area contributed by atoms with Crippen LogP contribution in [0.1, 0.15) is 38.3 Å². The summed E-state index contributed by atoms with van der Waals surface area (Å²) in [5.74, 6) is 0. The molecule has 4 nitrogen and oxygen atoms in total. The standard InChI is InChI=1S/C13H23N3O/c1-3-14-11-4-7-13(17,8-5-11)10-12-6-9-16(2)15-12/h6,9,11,14,17H,3-5,7-8,10H2,1-2H3. The van der Waals surface area contributed by atoms with E-state index >= 15 is 0 Å². The summed E-state index contributed by atoms with van der Waals surface area (Å²) < 4.78 is 1.79. The molecule has 0 radical (unpaired) electrons. The third-order valence-electron chi connectivity index (χ3n) is 3.69. The molecule has 17 heavy (non-hydrogen) atoms. The van der Waals surface area contributed by atoms with Crippen molar-refractivity contribution in [3.8, 4) is 0 Å². The van der Waals surface area contributed by atoms with E-state index < -0.39 is 5.60 Å². The van der Waals surface area contributed by atoms with Crippen molar-refractivity contribution in [2.45, 2.75) is 50.7 Å². The number of rotatable bonds is 4. The van der Waals surface area contributed by atoms with E-state index in [2.05, 4.69) is 17.3 Å². The third kappa shape index (κ3) is 3.30. The highest BCUT2D eigenvalue weighted by Crippen LogP contribution is 2.31. The molecule has 0 aromatic carbocycles. The van der Waals surface area contributed by atoms with Crippen molar-refractivity contribution in [2.75, 3.05) is 6.54 Å². The molecule has 1 aliphatic rings. The van der Waals surface area contributed by atoms with E-state index in [0.29, 0.717) is 12.5 Å². The van der Waals surface area contributed by atoms with Crippen LogP contribution < -0.4 is 5.32 Å². The van der Waals surface area contributed by atoms with Gasteiger partial charge in [0, 0.05) is 25.7 Å². The molecule has 1 fully saturated rings. The van der Waals surface area contributed by atoms with Gasteiger partial charge in [0.25, 0.3) is 0 Å². The van der Waals surface area contributed by atoms with E-state index in [4.69, 9.17) is 0 Å². The van der Waals surface area contributed by atoms with Gasteiger partial charge in [-0.2, -0.15) is 5.10 Å². The molecule has 2 rings (SSSR count). The molecule has 4 heteroatoms. The molecule has 96 valence electrons. The Balaban J connectivity index is 1.89. The van der Waals surface area contributed by atoms with Crippen molar-refractivity contribution in [2.24, 2.45) is 7.05 Å². The molecule has 1 aromatic heterocycles. The second-order valence-electron chi connectivity index (χ2n) is 5.21. The lowest BCUT2D eigenvalue weighted by Gasteiger charge is -2.36. The van der Waals surface area contributed by atoms with Gasteiger partial charge in [0.1, 0.15) is 0 Å². The minimum absolute atomic E-state index is 0.541. The van der Waals surface area contributed by atoms with E-state index in [0.717, 1.165) is 37.9 Å². The van der Waals surface area contributed by atoms with Crippen LogP contribution in [-0.2, 0) is 13.5 Å². The van der Waals surface area contributed by atoms with Crippen LogP contribution in [-0.4, -0.2) is 33.1 Å². The number of hydrogen-bond acceptors (Lipinski definition) is 3. The van der Waals surface area contributed by atoms with Crippen molar-refractivity contribution in [1.82, 2.24) is 15.1 Å². The molecule has 1 aromatic rings. The van der Waals surface area contributed by atoms with Crippen LogP contribution in [0.5, 0.6) is 0 Å². The van der Waals surface area contributed by atoms with E-state index in [1.807, 2.05) is 19.3 Å². The average molecular weight is 237 g/mol. The summed E-state index contributed by atoms with van der Waals surface area (Å²) >= 11 is 0. The fourth-order valence-electron chi connectivity index (χ4n) is 2.72. The maximum Gasteiger partial charge on any atom is 0.0704 e. The van der Waals surface area contributed by atoms with Gasteiger partial charge < -0.3 is 10.4 Å². The molecule has 0 aliphatic heterocycles. The summed E-state index contributed by atoms with van der Waals surface area (Å²) in [4.78, 5) is 0. The minimum atomic E-state index is -0.541. The fourth-order valence-corrected chi connectivity index (χ4v) is 2.72. The quantitative estimate of drug-likeness (QED) is 0.828. The van der Waals surface area contributed by atoms with Crippen molar-refractivity contribution in [3.63, 3.8) is 0 Å². The summed E-state index contributed by atoms with van der Waals surface area (Å²) in [6.45, 7) is 3.15. The molecule has 2 N–H and O–H groups in total. The molecule has 0 spiro atoms. The van der Waals surface area contributed by atoms with Crippen molar-refractivity contribution in [1.29, 1.82) is 0 Å². The molecule has 0 amide bonds. The van der Waals surface area contributed by atoms with Crippen LogP contribution in [0.4, 0.5) is 0 Å². The van der Waals surface area contributed by atoms with E-state index in [1.165, 1.54) is 0 Å². The zero-order valence-electron chi connectivity index (χ0n) is 10.8. The first kappa shape index (κ1) is 12.6. The second kappa shape index (κ2) is 5.19. The molecule has 1 saturated carbocycles. The van der Waals surface area contributed by atoms with Crippen LogP contribution in [0.15, 0.2) is 12.3 Å². The first-order valence-electron chi connectivity index (χ1n) is 6.55. The van der Waals surface area contributed by atoms with Crippen LogP contribution >= 0.6 is 0 Å². The van der Waals surface area contributed by atoms with Crippen LogP contribution in [0.3, 0.4) is 0 Å². The van der Waals surface area contributed by atoms with Crippen LogP contribution in [0, 0.1) is 0 Å². The van der Waals surface area contributed by atoms with E-state index in [9.17, 15) is 5.11 Å². The SMILES string of the molecule is CCNC1CCC(O)(Cc2ccn(C)n2)CC1. The number of aromatic nitrogens is 2. The summed E-state index contributed by atoms with van der Waals surface area (Å²) in [5.41, 5.74) is 0.456. The highest BCUT2D eigenvalue weighted by molar-refractivity contribution is 5.05. The zero-order chi connectivity index (χ0) is 12.3. The molecule has 0 bridgehead atoms. The van der Waals surface area contributed by atoms with Gasteiger partial charge in [-0.15, -0.1) is 0 Å². The Kier molecular flexibility index (Phi) is 3.84. The third-order valence-corrected chi connectivity index (χ3v) is 3.69. The molecule has 0 atom stereocenters. The lowest BCUT2D eigenvalue weighted by atomic mass is 9.79. The van der Waals surface area contributed by atoms with Gasteiger partial charge in [0.05, 0.1) is 11.3 Å². The molecule has 1 heterocycles. The van der Waals surface area contributed by atoms with Crippen LogP contribution in [0.2, 0.25) is 0 Å². The zero-order valence-corrected chi connectivity index (χ0v) is 10.8. The van der Waals surface area contributed by atoms with Gasteiger partial charge in [-0.05, 0) is 38.3 Å². The fraction of sp³-hybridized carbons (Fsp3) is 0.769. The van der Waals surface area contributed by atoms with Crippen molar-refractivity contribution in [3.05, 3.63) is 18.0 Å². The van der Waals surface area contributed by atoms with Gasteiger partial charge in [0.2, 0.25) is 0 Å². The predicted molar refractivity (Wildman–Crippen MR) is 67.8 cm³/mol. The smallest absolute Gasteiger partial charge is 0.0704 e. The Hall–Kier alpha value is -0.870. The molecule has 0 unspecified atom stereocenters. The molecular weight excluding hydrogens is 214 g/mol. The number of aryl methyl sites for hydroxylation is 1. The summed E-state index contributed by atoms with van der Waals surface area (Å²) in [7, 11) is 1.91. The Morgan fingerprint density at radius 2 is 2.24 bits per heavy atom. The van der Waals surface area contributed by atoms with Crippen LogP contribution in [0.25, 0.3) is 0 Å². The van der Waals surface area contributed by atoms with Gasteiger partial charge in [-0.1, -0.05) is 6.92 Å². The lowest BCUT2D eigenvalue weighted by Crippen LogP contribution is -2.42. The highest BCUT2D eigenvalue weighted by atomic mass is 16.3. The summed E-state index contributed by atoms with van der Waals surface area (Å²) in [6.07, 6.45) is 6.51. The van der Waals surface area contributed by atoms with Crippen molar-refractivity contribution >= 4 is 0 Å². The molecular formula is C13H23N3O. The van der Waals surface area contributed by atoms with E-state index in [1.54, 1.807) is 4.68 Å². The lowest BCUT2D eigenvalue weighted by molar-refractivity contribution is -0.00381. The summed E-state index contributed by atoms with van der Waals surface area (Å²) in [5, 5.41) is 18.3. The maximum atomic E-state index is 10.5. The Labute approximate surface area is 103 Å². The number of nitrogens with one attached hydrogen (secondary N) is 1. The highest BCUT2D eigenvalue weighted by Gasteiger charge is 2.33. The number of aliphatic hydroxyl groups is 1. The monoisotopic (exact) mass is 237 g/mol. The molecule has 0 saturated heterocycles. The Bertz CT molecular complexity index is 353. The van der Waals surface area contributed by atoms with Gasteiger partial charge >= 0.3 is 0 Å². The first-order valence-corrected chi connectivity index (χ1v) is 6.55. The van der Waals surface area contributed by atoms with E-state index in [-0.39, 0.29) is 0 Å². The second-order valence-corrected chi connectivity index (χ2v) is 5.21. The summed E-state index contributed by atoms with van der Waals surface area (Å²) in [6, 6.07) is 2.58. The van der Waals surface area contributed by atoms with Gasteiger partial charge in [-0.3, -0.25) is 4.68 Å². The Morgan fingerprint density at radius 3 is 2.76 bits per heavy atom.